The van der Waals surface area contributed by atoms with Gasteiger partial charge in [0, 0.05) is 48.7 Å². The first kappa shape index (κ1) is 24.1. The largest absolute Gasteiger partial charge is 0.457 e. The summed E-state index contributed by atoms with van der Waals surface area (Å²) in [5, 5.41) is 7.53. The fraction of sp³-hybridized carbons (Fsp3) is 0.296. The highest BCUT2D eigenvalue weighted by molar-refractivity contribution is 6.30. The van der Waals surface area contributed by atoms with Crippen molar-refractivity contribution in [2.45, 2.75) is 31.7 Å². The molecule has 4 aromatic rings. The molecule has 1 unspecified atom stereocenters. The number of rotatable bonds is 9. The Morgan fingerprint density at radius 1 is 1.17 bits per heavy atom. The van der Waals surface area contributed by atoms with Gasteiger partial charge in [-0.15, -0.1) is 0 Å². The number of hydrogen-bond donors (Lipinski definition) is 2. The first-order valence-corrected chi connectivity index (χ1v) is 12.5. The van der Waals surface area contributed by atoms with E-state index in [1.807, 2.05) is 54.1 Å². The van der Waals surface area contributed by atoms with Crippen molar-refractivity contribution in [1.29, 1.82) is 0 Å². The molecule has 1 amide bonds. The van der Waals surface area contributed by atoms with Gasteiger partial charge in [-0.05, 0) is 68.3 Å². The van der Waals surface area contributed by atoms with Crippen LogP contribution in [0, 0.1) is 0 Å². The van der Waals surface area contributed by atoms with Gasteiger partial charge >= 0.3 is 0 Å². The number of fused-ring (bicyclic) bond motifs is 1. The first-order valence-electron chi connectivity index (χ1n) is 12.2. The summed E-state index contributed by atoms with van der Waals surface area (Å²) in [6.07, 6.45) is 7.00. The fourth-order valence-corrected chi connectivity index (χ4v) is 4.59. The number of hydrogen-bond acceptors (Lipinski definition) is 6. The molecule has 9 heteroatoms. The molecule has 36 heavy (non-hydrogen) atoms. The molecule has 2 aromatic heterocycles. The van der Waals surface area contributed by atoms with Crippen LogP contribution >= 0.6 is 11.6 Å². The molecule has 3 heterocycles. The molecule has 0 radical (unpaired) electrons. The highest BCUT2D eigenvalue weighted by atomic mass is 35.5. The van der Waals surface area contributed by atoms with E-state index in [4.69, 9.17) is 21.3 Å². The Balaban J connectivity index is 1.29. The van der Waals surface area contributed by atoms with E-state index in [1.54, 1.807) is 23.2 Å². The summed E-state index contributed by atoms with van der Waals surface area (Å²) in [4.78, 5) is 22.5. The molecule has 5 rings (SSSR count). The number of pyridine rings is 1. The predicted octanol–water partition coefficient (Wildman–Crippen LogP) is 5.65. The second kappa shape index (κ2) is 11.0. The maximum absolute atomic E-state index is 11.8. The Bertz CT molecular complexity index is 1330. The number of piperidine rings is 1. The van der Waals surface area contributed by atoms with Crippen LogP contribution in [0.2, 0.25) is 5.02 Å². The van der Waals surface area contributed by atoms with Gasteiger partial charge < -0.3 is 19.9 Å². The minimum Gasteiger partial charge on any atom is -0.457 e. The molecule has 8 nitrogen and oxygen atoms in total. The summed E-state index contributed by atoms with van der Waals surface area (Å²) in [6.45, 7) is 1.66. The van der Waals surface area contributed by atoms with Crippen LogP contribution in [0.4, 0.5) is 17.5 Å². The Morgan fingerprint density at radius 3 is 2.78 bits per heavy atom. The van der Waals surface area contributed by atoms with Crippen LogP contribution in [-0.4, -0.2) is 40.1 Å². The second-order valence-corrected chi connectivity index (χ2v) is 9.40. The summed E-state index contributed by atoms with van der Waals surface area (Å²) >= 11 is 5.99. The standard InChI is InChI=1S/C27H29ClN6O2/c1-33-25-10-9-22(16-24(25)32-27(33)31-21-7-5-19(28)6-8-21)36-23-11-14-30-26(17-23)34(18-35)15-12-20-4-2-3-13-29-20/h5-11,14,16-18,20,29H,2-4,12-13,15H2,1H3,(H,31,32). The van der Waals surface area contributed by atoms with Crippen molar-refractivity contribution in [3.63, 3.8) is 0 Å². The van der Waals surface area contributed by atoms with E-state index in [0.29, 0.717) is 40.9 Å². The smallest absolute Gasteiger partial charge is 0.215 e. The molecule has 1 aliphatic heterocycles. The summed E-state index contributed by atoms with van der Waals surface area (Å²) in [7, 11) is 1.96. The lowest BCUT2D eigenvalue weighted by Crippen LogP contribution is -2.37. The molecule has 1 fully saturated rings. The lowest BCUT2D eigenvalue weighted by atomic mass is 10.0. The highest BCUT2D eigenvalue weighted by Gasteiger charge is 2.16. The number of amides is 1. The third-order valence-corrected chi connectivity index (χ3v) is 6.71. The van der Waals surface area contributed by atoms with Gasteiger partial charge in [-0.2, -0.15) is 0 Å². The minimum absolute atomic E-state index is 0.449. The van der Waals surface area contributed by atoms with Crippen molar-refractivity contribution in [2.24, 2.45) is 7.05 Å². The van der Waals surface area contributed by atoms with E-state index in [9.17, 15) is 4.79 Å². The number of ether oxygens (including phenoxy) is 1. The lowest BCUT2D eigenvalue weighted by molar-refractivity contribution is -0.107. The van der Waals surface area contributed by atoms with Gasteiger partial charge in [0.15, 0.2) is 0 Å². The highest BCUT2D eigenvalue weighted by Crippen LogP contribution is 2.29. The zero-order valence-electron chi connectivity index (χ0n) is 20.2. The van der Waals surface area contributed by atoms with E-state index in [0.717, 1.165) is 42.5 Å². The number of nitrogens with zero attached hydrogens (tertiary/aromatic N) is 4. The molecular formula is C27H29ClN6O2. The van der Waals surface area contributed by atoms with E-state index < -0.39 is 0 Å². The number of nitrogens with one attached hydrogen (secondary N) is 2. The Hall–Kier alpha value is -3.62. The van der Waals surface area contributed by atoms with Gasteiger partial charge in [0.2, 0.25) is 12.4 Å². The number of aromatic nitrogens is 3. The van der Waals surface area contributed by atoms with Crippen molar-refractivity contribution >= 4 is 46.5 Å². The molecule has 186 valence electrons. The quantitative estimate of drug-likeness (QED) is 0.286. The SMILES string of the molecule is Cn1c(Nc2ccc(Cl)cc2)nc2cc(Oc3ccnc(N(C=O)CCC4CCCCN4)c3)ccc21. The molecule has 1 aliphatic rings. The molecule has 1 saturated heterocycles. The second-order valence-electron chi connectivity index (χ2n) is 8.96. The van der Waals surface area contributed by atoms with Crippen molar-refractivity contribution in [3.8, 4) is 11.5 Å². The Labute approximate surface area is 215 Å². The van der Waals surface area contributed by atoms with Crippen LogP contribution in [0.25, 0.3) is 11.0 Å². The summed E-state index contributed by atoms with van der Waals surface area (Å²) in [5.74, 6) is 2.55. The molecule has 2 aromatic carbocycles. The number of halogens is 1. The molecular weight excluding hydrogens is 476 g/mol. The number of imidazole rings is 1. The van der Waals surface area contributed by atoms with Gasteiger partial charge in [-0.1, -0.05) is 18.0 Å². The van der Waals surface area contributed by atoms with Crippen molar-refractivity contribution in [1.82, 2.24) is 19.9 Å². The van der Waals surface area contributed by atoms with Crippen LogP contribution in [-0.2, 0) is 11.8 Å². The molecule has 0 spiro atoms. The summed E-state index contributed by atoms with van der Waals surface area (Å²) < 4.78 is 8.11. The van der Waals surface area contributed by atoms with Crippen LogP contribution in [0.3, 0.4) is 0 Å². The van der Waals surface area contributed by atoms with Gasteiger partial charge in [0.25, 0.3) is 0 Å². The average molecular weight is 505 g/mol. The minimum atomic E-state index is 0.449. The number of aryl methyl sites for hydroxylation is 1. The topological polar surface area (TPSA) is 84.3 Å². The van der Waals surface area contributed by atoms with Gasteiger partial charge in [-0.25, -0.2) is 9.97 Å². The lowest BCUT2D eigenvalue weighted by Gasteiger charge is -2.25. The van der Waals surface area contributed by atoms with Crippen LogP contribution < -0.4 is 20.3 Å². The van der Waals surface area contributed by atoms with Crippen molar-refractivity contribution < 1.29 is 9.53 Å². The summed E-state index contributed by atoms with van der Waals surface area (Å²) in [5.41, 5.74) is 2.67. The zero-order chi connectivity index (χ0) is 24.9. The third kappa shape index (κ3) is 5.61. The normalized spacial score (nSPS) is 15.6. The number of anilines is 3. The predicted molar refractivity (Wildman–Crippen MR) is 143 cm³/mol. The Morgan fingerprint density at radius 2 is 2.00 bits per heavy atom. The summed E-state index contributed by atoms with van der Waals surface area (Å²) in [6, 6.07) is 17.3. The van der Waals surface area contributed by atoms with E-state index in [1.165, 1.54) is 12.8 Å². The van der Waals surface area contributed by atoms with Crippen LogP contribution in [0.15, 0.2) is 60.8 Å². The molecule has 0 saturated carbocycles. The number of carbonyl (C=O) groups excluding carboxylic acids is 1. The average Bonchev–Trinajstić information content (AvgIpc) is 3.21. The third-order valence-electron chi connectivity index (χ3n) is 6.46. The van der Waals surface area contributed by atoms with Gasteiger partial charge in [-0.3, -0.25) is 9.69 Å². The molecule has 0 aliphatic carbocycles. The first-order chi connectivity index (χ1) is 17.6. The number of benzene rings is 2. The van der Waals surface area contributed by atoms with Gasteiger partial charge in [0.05, 0.1) is 11.0 Å². The number of carbonyl (C=O) groups is 1. The van der Waals surface area contributed by atoms with Crippen LogP contribution in [0.5, 0.6) is 11.5 Å². The maximum Gasteiger partial charge on any atom is 0.215 e. The zero-order valence-corrected chi connectivity index (χ0v) is 20.9. The van der Waals surface area contributed by atoms with E-state index in [-0.39, 0.29) is 0 Å². The molecule has 1 atom stereocenters. The van der Waals surface area contributed by atoms with E-state index in [2.05, 4.69) is 15.6 Å². The van der Waals surface area contributed by atoms with E-state index >= 15 is 0 Å². The van der Waals surface area contributed by atoms with Gasteiger partial charge in [0.1, 0.15) is 17.3 Å². The molecule has 0 bridgehead atoms. The van der Waals surface area contributed by atoms with Crippen molar-refractivity contribution in [3.05, 3.63) is 65.8 Å². The monoisotopic (exact) mass is 504 g/mol. The maximum atomic E-state index is 11.8. The van der Waals surface area contributed by atoms with Crippen molar-refractivity contribution in [2.75, 3.05) is 23.3 Å². The van der Waals surface area contributed by atoms with Crippen LogP contribution in [0.1, 0.15) is 25.7 Å². The molecule has 2 N–H and O–H groups in total. The Kier molecular flexibility index (Phi) is 7.34. The fourth-order valence-electron chi connectivity index (χ4n) is 4.46.